The number of hydrogen-bond donors (Lipinski definition) is 0. The molecule has 0 saturated carbocycles. The molecule has 1 heterocycles. The maximum absolute atomic E-state index is 11.6. The lowest BCUT2D eigenvalue weighted by atomic mass is 10.2. The molecule has 0 spiro atoms. The normalized spacial score (nSPS) is 12.3. The van der Waals surface area contributed by atoms with Gasteiger partial charge in [-0.15, -0.1) is 0 Å². The Morgan fingerprint density at radius 3 is 3.06 bits per heavy atom. The fraction of sp³-hybridized carbons (Fsp3) is 0.333. The molecule has 0 radical (unpaired) electrons. The summed E-state index contributed by atoms with van der Waals surface area (Å²) in [6, 6.07) is 5.60. The van der Waals surface area contributed by atoms with E-state index in [9.17, 15) is 4.79 Å². The molecule has 0 aromatic carbocycles. The third kappa shape index (κ3) is 3.62. The van der Waals surface area contributed by atoms with Crippen molar-refractivity contribution in [3.8, 4) is 6.07 Å². The van der Waals surface area contributed by atoms with Gasteiger partial charge >= 0.3 is 0 Å². The molecule has 1 unspecified atom stereocenters. The van der Waals surface area contributed by atoms with Crippen LogP contribution < -0.4 is 0 Å². The lowest BCUT2D eigenvalue weighted by Crippen LogP contribution is -2.29. The average Bonchev–Trinajstić information content (AvgIpc) is 2.78. The summed E-state index contributed by atoms with van der Waals surface area (Å²) in [5, 5.41) is 8.62. The number of likely N-dealkylation sites (N-methyl/N-ethyl adjacent to an activating group) is 1. The quantitative estimate of drug-likeness (QED) is 0.725. The minimum Gasteiger partial charge on any atom is -0.465 e. The molecule has 4 heteroatoms. The summed E-state index contributed by atoms with van der Waals surface area (Å²) in [6.07, 6.45) is 4.59. The van der Waals surface area contributed by atoms with E-state index in [1.807, 2.05) is 0 Å². The first-order valence-electron chi connectivity index (χ1n) is 4.99. The molecule has 0 bridgehead atoms. The average molecular weight is 218 g/mol. The van der Waals surface area contributed by atoms with Crippen molar-refractivity contribution < 1.29 is 9.21 Å². The summed E-state index contributed by atoms with van der Waals surface area (Å²) in [4.78, 5) is 13.1. The number of amides is 1. The van der Waals surface area contributed by atoms with Crippen molar-refractivity contribution in [3.63, 3.8) is 0 Å². The summed E-state index contributed by atoms with van der Waals surface area (Å²) in [6.45, 7) is 2.21. The Kier molecular flexibility index (Phi) is 4.34. The number of furan rings is 1. The highest BCUT2D eigenvalue weighted by Gasteiger charge is 2.08. The molecule has 1 rings (SSSR count). The Labute approximate surface area is 94.8 Å². The van der Waals surface area contributed by atoms with Crippen LogP contribution in [0, 0.1) is 17.2 Å². The van der Waals surface area contributed by atoms with Crippen LogP contribution in [0.25, 0.3) is 6.08 Å². The van der Waals surface area contributed by atoms with E-state index in [1.54, 1.807) is 38.4 Å². The topological polar surface area (TPSA) is 57.2 Å². The van der Waals surface area contributed by atoms with Gasteiger partial charge in [-0.3, -0.25) is 4.79 Å². The summed E-state index contributed by atoms with van der Waals surface area (Å²) >= 11 is 0. The van der Waals surface area contributed by atoms with Crippen LogP contribution in [0.15, 0.2) is 28.9 Å². The Morgan fingerprint density at radius 1 is 1.75 bits per heavy atom. The zero-order chi connectivity index (χ0) is 12.0. The number of nitrogens with zero attached hydrogens (tertiary/aromatic N) is 2. The largest absolute Gasteiger partial charge is 0.465 e. The molecule has 1 aromatic rings. The van der Waals surface area contributed by atoms with Gasteiger partial charge in [0.1, 0.15) is 5.76 Å². The van der Waals surface area contributed by atoms with E-state index < -0.39 is 0 Å². The van der Waals surface area contributed by atoms with Gasteiger partial charge < -0.3 is 9.32 Å². The monoisotopic (exact) mass is 218 g/mol. The van der Waals surface area contributed by atoms with Gasteiger partial charge in [0.25, 0.3) is 0 Å². The minimum atomic E-state index is -0.161. The van der Waals surface area contributed by atoms with E-state index in [0.717, 1.165) is 0 Å². The Morgan fingerprint density at radius 2 is 2.50 bits per heavy atom. The van der Waals surface area contributed by atoms with Crippen LogP contribution >= 0.6 is 0 Å². The third-order valence-corrected chi connectivity index (χ3v) is 2.08. The summed E-state index contributed by atoms with van der Waals surface area (Å²) in [7, 11) is 1.67. The molecule has 1 amide bonds. The van der Waals surface area contributed by atoms with Crippen LogP contribution in [0.5, 0.6) is 0 Å². The SMILES string of the molecule is CC(C#N)CN(C)C(=O)/C=C/c1ccco1. The fourth-order valence-electron chi connectivity index (χ4n) is 1.21. The van der Waals surface area contributed by atoms with Gasteiger partial charge in [0.05, 0.1) is 18.3 Å². The number of carbonyl (C=O) groups excluding carboxylic acids is 1. The fourth-order valence-corrected chi connectivity index (χ4v) is 1.21. The van der Waals surface area contributed by atoms with Crippen LogP contribution in [0.1, 0.15) is 12.7 Å². The highest BCUT2D eigenvalue weighted by molar-refractivity contribution is 5.91. The Bertz CT molecular complexity index is 401. The highest BCUT2D eigenvalue weighted by Crippen LogP contribution is 2.03. The first-order chi connectivity index (χ1) is 7.63. The van der Waals surface area contributed by atoms with E-state index in [4.69, 9.17) is 9.68 Å². The molecule has 0 aliphatic carbocycles. The van der Waals surface area contributed by atoms with Gasteiger partial charge in [-0.1, -0.05) is 0 Å². The van der Waals surface area contributed by atoms with E-state index >= 15 is 0 Å². The maximum Gasteiger partial charge on any atom is 0.246 e. The second kappa shape index (κ2) is 5.76. The van der Waals surface area contributed by atoms with Crippen molar-refractivity contribution in [2.24, 2.45) is 5.92 Å². The van der Waals surface area contributed by atoms with Gasteiger partial charge in [0.15, 0.2) is 0 Å². The molecule has 4 nitrogen and oxygen atoms in total. The zero-order valence-electron chi connectivity index (χ0n) is 9.38. The summed E-state index contributed by atoms with van der Waals surface area (Å²) < 4.78 is 5.06. The van der Waals surface area contributed by atoms with Crippen molar-refractivity contribution in [1.82, 2.24) is 4.90 Å². The van der Waals surface area contributed by atoms with Gasteiger partial charge in [-0.2, -0.15) is 5.26 Å². The number of rotatable bonds is 4. The van der Waals surface area contributed by atoms with Crippen molar-refractivity contribution >= 4 is 12.0 Å². The van der Waals surface area contributed by atoms with Crippen LogP contribution in [0.2, 0.25) is 0 Å². The predicted molar refractivity (Wildman–Crippen MR) is 60.2 cm³/mol. The van der Waals surface area contributed by atoms with Crippen molar-refractivity contribution in [2.75, 3.05) is 13.6 Å². The Balaban J connectivity index is 2.49. The van der Waals surface area contributed by atoms with Crippen LogP contribution in [0.4, 0.5) is 0 Å². The lowest BCUT2D eigenvalue weighted by molar-refractivity contribution is -0.125. The van der Waals surface area contributed by atoms with Crippen molar-refractivity contribution in [3.05, 3.63) is 30.2 Å². The van der Waals surface area contributed by atoms with E-state index in [0.29, 0.717) is 12.3 Å². The number of nitriles is 1. The third-order valence-electron chi connectivity index (χ3n) is 2.08. The van der Waals surface area contributed by atoms with Crippen molar-refractivity contribution in [2.45, 2.75) is 6.92 Å². The first kappa shape index (κ1) is 12.1. The maximum atomic E-state index is 11.6. The smallest absolute Gasteiger partial charge is 0.246 e. The number of hydrogen-bond acceptors (Lipinski definition) is 3. The van der Waals surface area contributed by atoms with Gasteiger partial charge in [-0.05, 0) is 25.1 Å². The molecule has 0 saturated heterocycles. The highest BCUT2D eigenvalue weighted by atomic mass is 16.3. The Hall–Kier alpha value is -2.02. The van der Waals surface area contributed by atoms with Gasteiger partial charge in [0, 0.05) is 19.7 Å². The molecular formula is C12H14N2O2. The van der Waals surface area contributed by atoms with Crippen LogP contribution in [-0.4, -0.2) is 24.4 Å². The molecule has 0 N–H and O–H groups in total. The molecule has 84 valence electrons. The van der Waals surface area contributed by atoms with Crippen molar-refractivity contribution in [1.29, 1.82) is 5.26 Å². The predicted octanol–water partition coefficient (Wildman–Crippen LogP) is 1.91. The molecular weight excluding hydrogens is 204 g/mol. The molecule has 1 atom stereocenters. The van der Waals surface area contributed by atoms with E-state index in [-0.39, 0.29) is 11.8 Å². The van der Waals surface area contributed by atoms with E-state index in [1.165, 1.54) is 11.0 Å². The zero-order valence-corrected chi connectivity index (χ0v) is 9.38. The van der Waals surface area contributed by atoms with Crippen LogP contribution in [-0.2, 0) is 4.79 Å². The lowest BCUT2D eigenvalue weighted by Gasteiger charge is -2.15. The molecule has 1 aromatic heterocycles. The summed E-state index contributed by atoms with van der Waals surface area (Å²) in [5.41, 5.74) is 0. The van der Waals surface area contributed by atoms with Gasteiger partial charge in [0.2, 0.25) is 5.91 Å². The second-order valence-electron chi connectivity index (χ2n) is 3.60. The van der Waals surface area contributed by atoms with Crippen LogP contribution in [0.3, 0.4) is 0 Å². The molecule has 0 aliphatic rings. The van der Waals surface area contributed by atoms with Gasteiger partial charge in [-0.25, -0.2) is 0 Å². The summed E-state index contributed by atoms with van der Waals surface area (Å²) in [5.74, 6) is 0.333. The molecule has 0 aliphatic heterocycles. The minimum absolute atomic E-state index is 0.140. The first-order valence-corrected chi connectivity index (χ1v) is 4.99. The molecule has 16 heavy (non-hydrogen) atoms. The number of carbonyl (C=O) groups is 1. The van der Waals surface area contributed by atoms with E-state index in [2.05, 4.69) is 6.07 Å². The molecule has 0 fully saturated rings. The second-order valence-corrected chi connectivity index (χ2v) is 3.60. The standard InChI is InChI=1S/C12H14N2O2/c1-10(8-13)9-14(2)12(15)6-5-11-4-3-7-16-11/h3-7,10H,9H2,1-2H3/b6-5+.